The molecule has 0 atom stereocenters. The maximum absolute atomic E-state index is 11.8. The average Bonchev–Trinajstić information content (AvgIpc) is 3.05. The Morgan fingerprint density at radius 2 is 2.11 bits per heavy atom. The molecule has 4 heteroatoms. The predicted molar refractivity (Wildman–Crippen MR) is 70.2 cm³/mol. The number of fused-ring (bicyclic) bond motifs is 1. The summed E-state index contributed by atoms with van der Waals surface area (Å²) < 4.78 is 10.5. The Morgan fingerprint density at radius 3 is 2.94 bits per heavy atom. The third-order valence-corrected chi connectivity index (χ3v) is 3.47. The second kappa shape index (κ2) is 4.66. The fourth-order valence-corrected chi connectivity index (χ4v) is 2.33. The Bertz CT molecular complexity index is 600. The molecule has 1 aromatic carbocycles. The molecule has 3 rings (SSSR count). The van der Waals surface area contributed by atoms with Crippen molar-refractivity contribution in [3.63, 3.8) is 0 Å². The van der Waals surface area contributed by atoms with Gasteiger partial charge in [-0.15, -0.1) is 11.3 Å². The van der Waals surface area contributed by atoms with Crippen molar-refractivity contribution < 1.29 is 14.3 Å². The number of ether oxygens (including phenoxy) is 2. The highest BCUT2D eigenvalue weighted by atomic mass is 32.1. The predicted octanol–water partition coefficient (Wildman–Crippen LogP) is 3.37. The Balaban J connectivity index is 1.78. The molecule has 90 valence electrons. The number of hydrogen-bond acceptors (Lipinski definition) is 4. The lowest BCUT2D eigenvalue weighted by Crippen LogP contribution is -1.92. The van der Waals surface area contributed by atoms with Gasteiger partial charge < -0.3 is 9.47 Å². The smallest absolute Gasteiger partial charge is 0.231 e. The molecule has 0 spiro atoms. The van der Waals surface area contributed by atoms with Gasteiger partial charge in [-0.2, -0.15) is 0 Å². The van der Waals surface area contributed by atoms with Crippen molar-refractivity contribution in [3.8, 4) is 11.5 Å². The zero-order chi connectivity index (χ0) is 12.4. The number of carbonyl (C=O) groups is 1. The maximum Gasteiger partial charge on any atom is 0.231 e. The lowest BCUT2D eigenvalue weighted by atomic mass is 10.1. The summed E-state index contributed by atoms with van der Waals surface area (Å²) in [4.78, 5) is 12.5. The van der Waals surface area contributed by atoms with Crippen LogP contribution in [-0.2, 0) is 0 Å². The maximum atomic E-state index is 11.8. The second-order valence-electron chi connectivity index (χ2n) is 3.79. The van der Waals surface area contributed by atoms with Gasteiger partial charge in [-0.25, -0.2) is 0 Å². The van der Waals surface area contributed by atoms with Crippen LogP contribution in [0.4, 0.5) is 0 Å². The molecule has 3 nitrogen and oxygen atoms in total. The van der Waals surface area contributed by atoms with Gasteiger partial charge in [0.2, 0.25) is 6.79 Å². The monoisotopic (exact) mass is 258 g/mol. The van der Waals surface area contributed by atoms with Gasteiger partial charge in [0.05, 0.1) is 4.88 Å². The van der Waals surface area contributed by atoms with E-state index in [1.807, 2.05) is 35.7 Å². The first-order valence-electron chi connectivity index (χ1n) is 5.48. The topological polar surface area (TPSA) is 35.5 Å². The van der Waals surface area contributed by atoms with Crippen molar-refractivity contribution in [1.82, 2.24) is 0 Å². The molecule has 0 aliphatic carbocycles. The molecular formula is C14H10O3S. The molecule has 0 saturated carbocycles. The number of benzene rings is 1. The van der Waals surface area contributed by atoms with E-state index in [0.717, 1.165) is 21.9 Å². The number of ketones is 1. The van der Waals surface area contributed by atoms with Gasteiger partial charge in [-0.3, -0.25) is 4.79 Å². The molecule has 1 aliphatic rings. The Kier molecular flexibility index (Phi) is 2.86. The SMILES string of the molecule is O=C(/C=C/c1ccc2c(c1)OCO2)c1cccs1. The highest BCUT2D eigenvalue weighted by Gasteiger charge is 2.12. The van der Waals surface area contributed by atoms with Crippen molar-refractivity contribution in [3.05, 3.63) is 52.2 Å². The minimum absolute atomic E-state index is 0.0164. The zero-order valence-electron chi connectivity index (χ0n) is 9.46. The highest BCUT2D eigenvalue weighted by Crippen LogP contribution is 2.32. The van der Waals surface area contributed by atoms with Gasteiger partial charge >= 0.3 is 0 Å². The molecule has 1 aromatic heterocycles. The molecule has 0 unspecified atom stereocenters. The van der Waals surface area contributed by atoms with Crippen LogP contribution in [0.3, 0.4) is 0 Å². The van der Waals surface area contributed by atoms with E-state index in [1.165, 1.54) is 11.3 Å². The van der Waals surface area contributed by atoms with Crippen LogP contribution in [0.25, 0.3) is 6.08 Å². The molecule has 0 radical (unpaired) electrons. The Labute approximate surface area is 108 Å². The van der Waals surface area contributed by atoms with E-state index in [9.17, 15) is 4.79 Å². The van der Waals surface area contributed by atoms with E-state index in [0.29, 0.717) is 0 Å². The second-order valence-corrected chi connectivity index (χ2v) is 4.74. The van der Waals surface area contributed by atoms with E-state index in [2.05, 4.69) is 0 Å². The fraction of sp³-hybridized carbons (Fsp3) is 0.0714. The summed E-state index contributed by atoms with van der Waals surface area (Å²) in [6, 6.07) is 9.28. The quantitative estimate of drug-likeness (QED) is 0.625. The van der Waals surface area contributed by atoms with E-state index in [1.54, 1.807) is 12.2 Å². The van der Waals surface area contributed by atoms with Gasteiger partial charge in [-0.1, -0.05) is 18.2 Å². The molecule has 0 saturated heterocycles. The van der Waals surface area contributed by atoms with Crippen LogP contribution < -0.4 is 9.47 Å². The molecule has 0 fully saturated rings. The van der Waals surface area contributed by atoms with Gasteiger partial charge in [0.15, 0.2) is 17.3 Å². The van der Waals surface area contributed by atoms with Crippen LogP contribution in [0.1, 0.15) is 15.2 Å². The van der Waals surface area contributed by atoms with Crippen LogP contribution in [0, 0.1) is 0 Å². The van der Waals surface area contributed by atoms with E-state index >= 15 is 0 Å². The minimum Gasteiger partial charge on any atom is -0.454 e. The summed E-state index contributed by atoms with van der Waals surface area (Å²) >= 11 is 1.44. The Hall–Kier alpha value is -2.07. The third-order valence-electron chi connectivity index (χ3n) is 2.59. The number of carbonyl (C=O) groups excluding carboxylic acids is 1. The van der Waals surface area contributed by atoms with Crippen molar-refractivity contribution in [2.24, 2.45) is 0 Å². The van der Waals surface area contributed by atoms with Gasteiger partial charge in [0, 0.05) is 0 Å². The third kappa shape index (κ3) is 2.15. The molecule has 1 aliphatic heterocycles. The molecule has 2 heterocycles. The number of rotatable bonds is 3. The van der Waals surface area contributed by atoms with Crippen LogP contribution in [0.5, 0.6) is 11.5 Å². The molecule has 0 N–H and O–H groups in total. The summed E-state index contributed by atoms with van der Waals surface area (Å²) in [6.07, 6.45) is 3.35. The Morgan fingerprint density at radius 1 is 1.22 bits per heavy atom. The largest absolute Gasteiger partial charge is 0.454 e. The summed E-state index contributed by atoms with van der Waals surface area (Å²) in [5, 5.41) is 1.89. The molecule has 0 amide bonds. The summed E-state index contributed by atoms with van der Waals surface area (Å²) in [5.41, 5.74) is 0.921. The number of allylic oxidation sites excluding steroid dienone is 1. The van der Waals surface area contributed by atoms with Crippen LogP contribution >= 0.6 is 11.3 Å². The van der Waals surface area contributed by atoms with E-state index in [-0.39, 0.29) is 12.6 Å². The molecule has 0 bridgehead atoms. The average molecular weight is 258 g/mol. The van der Waals surface area contributed by atoms with Crippen LogP contribution in [0.2, 0.25) is 0 Å². The fourth-order valence-electron chi connectivity index (χ4n) is 1.69. The van der Waals surface area contributed by atoms with Crippen molar-refractivity contribution in [1.29, 1.82) is 0 Å². The summed E-state index contributed by atoms with van der Waals surface area (Å²) in [7, 11) is 0. The van der Waals surface area contributed by atoms with Crippen molar-refractivity contribution in [2.45, 2.75) is 0 Å². The molecule has 18 heavy (non-hydrogen) atoms. The van der Waals surface area contributed by atoms with Crippen molar-refractivity contribution >= 4 is 23.2 Å². The normalized spacial score (nSPS) is 13.1. The molecule has 2 aromatic rings. The minimum atomic E-state index is 0.0164. The van der Waals surface area contributed by atoms with Crippen molar-refractivity contribution in [2.75, 3.05) is 6.79 Å². The summed E-state index contributed by atoms with van der Waals surface area (Å²) in [6.45, 7) is 0.261. The van der Waals surface area contributed by atoms with Crippen LogP contribution in [-0.4, -0.2) is 12.6 Å². The number of hydrogen-bond donors (Lipinski definition) is 0. The molecular weight excluding hydrogens is 248 g/mol. The first-order chi connectivity index (χ1) is 8.83. The lowest BCUT2D eigenvalue weighted by molar-refractivity contribution is 0.105. The first-order valence-corrected chi connectivity index (χ1v) is 6.36. The van der Waals surface area contributed by atoms with E-state index < -0.39 is 0 Å². The van der Waals surface area contributed by atoms with Gasteiger partial charge in [0.1, 0.15) is 0 Å². The number of thiophene rings is 1. The first kappa shape index (κ1) is 11.0. The standard InChI is InChI=1S/C14H10O3S/c15-11(14-2-1-7-18-14)5-3-10-4-6-12-13(8-10)17-9-16-12/h1-8H,9H2/b5-3+. The van der Waals surface area contributed by atoms with E-state index in [4.69, 9.17) is 9.47 Å². The van der Waals surface area contributed by atoms with Crippen LogP contribution in [0.15, 0.2) is 41.8 Å². The summed E-state index contributed by atoms with van der Waals surface area (Å²) in [5.74, 6) is 1.49. The van der Waals surface area contributed by atoms with Gasteiger partial charge in [-0.05, 0) is 35.2 Å². The highest BCUT2D eigenvalue weighted by molar-refractivity contribution is 7.12. The van der Waals surface area contributed by atoms with Gasteiger partial charge in [0.25, 0.3) is 0 Å². The zero-order valence-corrected chi connectivity index (χ0v) is 10.3. The lowest BCUT2D eigenvalue weighted by Gasteiger charge is -1.97.